The van der Waals surface area contributed by atoms with E-state index in [1.165, 1.54) is 23.5 Å². The molecule has 142 valence electrons. The molecule has 3 aromatic rings. The molecule has 1 saturated heterocycles. The number of aryl methyl sites for hydroxylation is 1. The van der Waals surface area contributed by atoms with Crippen LogP contribution in [-0.2, 0) is 0 Å². The first-order valence-corrected chi connectivity index (χ1v) is 11.3. The average molecular weight is 408 g/mol. The predicted molar refractivity (Wildman–Crippen MR) is 119 cm³/mol. The van der Waals surface area contributed by atoms with E-state index in [2.05, 4.69) is 27.4 Å². The van der Waals surface area contributed by atoms with E-state index in [4.69, 9.17) is 0 Å². The van der Waals surface area contributed by atoms with Crippen molar-refractivity contribution in [3.05, 3.63) is 77.7 Å². The Labute approximate surface area is 173 Å². The minimum atomic E-state index is -0.105. The molecule has 0 atom stereocenters. The Morgan fingerprint density at radius 2 is 1.86 bits per heavy atom. The molecule has 1 N–H and O–H groups in total. The monoisotopic (exact) mass is 407 g/mol. The lowest BCUT2D eigenvalue weighted by molar-refractivity contribution is 0.102. The minimum Gasteiger partial charge on any atom is -0.322 e. The zero-order chi connectivity index (χ0) is 19.3. The first-order valence-electron chi connectivity index (χ1n) is 9.24. The summed E-state index contributed by atoms with van der Waals surface area (Å²) in [6, 6.07) is 17.6. The third-order valence-electron chi connectivity index (χ3n) is 4.46. The Bertz CT molecular complexity index is 970. The number of carbonyl (C=O) groups excluding carboxylic acids is 1. The molecule has 2 aromatic carbocycles. The number of nitrogens with zero attached hydrogens (tertiary/aromatic N) is 2. The minimum absolute atomic E-state index is 0.105. The lowest BCUT2D eigenvalue weighted by atomic mass is 10.1. The summed E-state index contributed by atoms with van der Waals surface area (Å²) in [5.74, 6) is 3.04. The summed E-state index contributed by atoms with van der Waals surface area (Å²) in [6.07, 6.45) is 3.02. The SMILES string of the molecule is Cc1nccc(-c2cccc(NC(=O)c3ccc(C4SCCCS4)cc3)c2)n1. The standard InChI is InChI=1S/C22H21N3OS2/c1-15-23-11-10-20(24-15)18-4-2-5-19(14-18)25-21(26)16-6-8-17(9-7-16)22-27-12-3-13-28-22/h2,4-11,14,22H,3,12-13H2,1H3,(H,25,26). The topological polar surface area (TPSA) is 54.9 Å². The molecule has 4 rings (SSSR count). The van der Waals surface area contributed by atoms with Crippen LogP contribution in [0.4, 0.5) is 5.69 Å². The van der Waals surface area contributed by atoms with Gasteiger partial charge in [0.1, 0.15) is 5.82 Å². The van der Waals surface area contributed by atoms with Crippen LogP contribution in [0.15, 0.2) is 60.8 Å². The van der Waals surface area contributed by atoms with Crippen molar-refractivity contribution in [3.8, 4) is 11.3 Å². The summed E-state index contributed by atoms with van der Waals surface area (Å²) in [5, 5.41) is 2.99. The van der Waals surface area contributed by atoms with Gasteiger partial charge in [0.25, 0.3) is 5.91 Å². The van der Waals surface area contributed by atoms with Crippen LogP contribution in [0.5, 0.6) is 0 Å². The molecule has 0 aliphatic carbocycles. The number of thioether (sulfide) groups is 2. The summed E-state index contributed by atoms with van der Waals surface area (Å²) in [6.45, 7) is 1.86. The molecule has 2 heterocycles. The van der Waals surface area contributed by atoms with Gasteiger partial charge in [0.05, 0.1) is 10.3 Å². The Kier molecular flexibility index (Phi) is 5.98. The summed E-state index contributed by atoms with van der Waals surface area (Å²) in [7, 11) is 0. The maximum absolute atomic E-state index is 12.7. The Morgan fingerprint density at radius 3 is 2.61 bits per heavy atom. The quantitative estimate of drug-likeness (QED) is 0.612. The molecule has 0 bridgehead atoms. The van der Waals surface area contributed by atoms with Crippen molar-refractivity contribution in [2.75, 3.05) is 16.8 Å². The highest BCUT2D eigenvalue weighted by Gasteiger charge is 2.17. The number of hydrogen-bond donors (Lipinski definition) is 1. The highest BCUT2D eigenvalue weighted by atomic mass is 32.2. The lowest BCUT2D eigenvalue weighted by Crippen LogP contribution is -2.12. The molecule has 0 saturated carbocycles. The number of anilines is 1. The highest BCUT2D eigenvalue weighted by molar-refractivity contribution is 8.16. The Hall–Kier alpha value is -2.31. The highest BCUT2D eigenvalue weighted by Crippen LogP contribution is 2.43. The van der Waals surface area contributed by atoms with E-state index in [1.54, 1.807) is 6.20 Å². The van der Waals surface area contributed by atoms with E-state index >= 15 is 0 Å². The number of aromatic nitrogens is 2. The van der Waals surface area contributed by atoms with E-state index in [1.807, 2.05) is 72.9 Å². The molecule has 1 aliphatic heterocycles. The molecular weight excluding hydrogens is 386 g/mol. The second-order valence-electron chi connectivity index (χ2n) is 6.57. The van der Waals surface area contributed by atoms with E-state index < -0.39 is 0 Å². The molecule has 0 radical (unpaired) electrons. The van der Waals surface area contributed by atoms with Crippen LogP contribution in [-0.4, -0.2) is 27.4 Å². The van der Waals surface area contributed by atoms with Crippen LogP contribution in [0.2, 0.25) is 0 Å². The maximum Gasteiger partial charge on any atom is 0.255 e. The Morgan fingerprint density at radius 1 is 1.07 bits per heavy atom. The van der Waals surface area contributed by atoms with Gasteiger partial charge in [0.2, 0.25) is 0 Å². The fraction of sp³-hybridized carbons (Fsp3) is 0.227. The number of benzene rings is 2. The van der Waals surface area contributed by atoms with Gasteiger partial charge < -0.3 is 5.32 Å². The summed E-state index contributed by atoms with van der Waals surface area (Å²) >= 11 is 3.97. The number of amides is 1. The van der Waals surface area contributed by atoms with Crippen molar-refractivity contribution < 1.29 is 4.79 Å². The second kappa shape index (κ2) is 8.80. The fourth-order valence-electron chi connectivity index (χ4n) is 3.05. The zero-order valence-electron chi connectivity index (χ0n) is 15.6. The second-order valence-corrected chi connectivity index (χ2v) is 9.30. The number of hydrogen-bond acceptors (Lipinski definition) is 5. The molecule has 0 unspecified atom stereocenters. The molecule has 1 fully saturated rings. The van der Waals surface area contributed by atoms with Gasteiger partial charge in [0.15, 0.2) is 0 Å². The van der Waals surface area contributed by atoms with Gasteiger partial charge in [-0.2, -0.15) is 0 Å². The largest absolute Gasteiger partial charge is 0.322 e. The first-order chi connectivity index (χ1) is 13.7. The third-order valence-corrected chi connectivity index (χ3v) is 7.48. The number of carbonyl (C=O) groups is 1. The molecular formula is C22H21N3OS2. The van der Waals surface area contributed by atoms with Crippen molar-refractivity contribution in [3.63, 3.8) is 0 Å². The summed E-state index contributed by atoms with van der Waals surface area (Å²) < 4.78 is 0.485. The van der Waals surface area contributed by atoms with Crippen LogP contribution in [0.25, 0.3) is 11.3 Å². The van der Waals surface area contributed by atoms with Crippen molar-refractivity contribution in [2.24, 2.45) is 0 Å². The first kappa shape index (κ1) is 19.0. The molecule has 1 aliphatic rings. The normalized spacial score (nSPS) is 14.6. The van der Waals surface area contributed by atoms with Crippen LogP contribution in [0.3, 0.4) is 0 Å². The van der Waals surface area contributed by atoms with Gasteiger partial charge in [-0.3, -0.25) is 4.79 Å². The van der Waals surface area contributed by atoms with Crippen molar-refractivity contribution in [1.82, 2.24) is 9.97 Å². The summed E-state index contributed by atoms with van der Waals surface area (Å²) in [5.41, 5.74) is 4.49. The summed E-state index contributed by atoms with van der Waals surface area (Å²) in [4.78, 5) is 21.2. The number of rotatable bonds is 4. The van der Waals surface area contributed by atoms with Crippen LogP contribution in [0.1, 0.15) is 32.7 Å². The Balaban J connectivity index is 1.47. The lowest BCUT2D eigenvalue weighted by Gasteiger charge is -2.21. The third kappa shape index (κ3) is 4.56. The van der Waals surface area contributed by atoms with Gasteiger partial charge in [-0.05, 0) is 60.7 Å². The van der Waals surface area contributed by atoms with Crippen LogP contribution < -0.4 is 5.32 Å². The van der Waals surface area contributed by atoms with Gasteiger partial charge >= 0.3 is 0 Å². The fourth-order valence-corrected chi connectivity index (χ4v) is 5.94. The van der Waals surface area contributed by atoms with Gasteiger partial charge in [0, 0.05) is 23.0 Å². The van der Waals surface area contributed by atoms with E-state index in [-0.39, 0.29) is 5.91 Å². The maximum atomic E-state index is 12.7. The molecule has 0 spiro atoms. The van der Waals surface area contributed by atoms with Crippen LogP contribution >= 0.6 is 23.5 Å². The molecule has 1 amide bonds. The zero-order valence-corrected chi connectivity index (χ0v) is 17.2. The van der Waals surface area contributed by atoms with E-state index in [0.717, 1.165) is 22.8 Å². The molecule has 6 heteroatoms. The average Bonchev–Trinajstić information content (AvgIpc) is 2.75. The molecule has 28 heavy (non-hydrogen) atoms. The smallest absolute Gasteiger partial charge is 0.255 e. The van der Waals surface area contributed by atoms with Gasteiger partial charge in [-0.15, -0.1) is 23.5 Å². The van der Waals surface area contributed by atoms with Gasteiger partial charge in [-0.1, -0.05) is 24.3 Å². The number of nitrogens with one attached hydrogen (secondary N) is 1. The predicted octanol–water partition coefficient (Wildman–Crippen LogP) is 5.57. The van der Waals surface area contributed by atoms with E-state index in [9.17, 15) is 4.79 Å². The molecule has 4 nitrogen and oxygen atoms in total. The van der Waals surface area contributed by atoms with Crippen molar-refractivity contribution in [2.45, 2.75) is 17.9 Å². The molecule has 1 aromatic heterocycles. The van der Waals surface area contributed by atoms with Crippen molar-refractivity contribution >= 4 is 35.1 Å². The van der Waals surface area contributed by atoms with Crippen molar-refractivity contribution in [1.29, 1.82) is 0 Å². The van der Waals surface area contributed by atoms with E-state index in [0.29, 0.717) is 10.1 Å². The van der Waals surface area contributed by atoms with Crippen LogP contribution in [0, 0.1) is 6.92 Å². The van der Waals surface area contributed by atoms with Gasteiger partial charge in [-0.25, -0.2) is 9.97 Å².